The molecule has 2 aromatic carbocycles. The van der Waals surface area contributed by atoms with Crippen LogP contribution in [0.15, 0.2) is 48.5 Å². The fraction of sp³-hybridized carbons (Fsp3) is 0.0625. The molecule has 0 saturated carbocycles. The van der Waals surface area contributed by atoms with Crippen molar-refractivity contribution in [1.82, 2.24) is 0 Å². The summed E-state index contributed by atoms with van der Waals surface area (Å²) in [5.74, 6) is 5.58. The van der Waals surface area contributed by atoms with Crippen LogP contribution in [-0.2, 0) is 6.42 Å². The Kier molecular flexibility index (Phi) is 3.74. The summed E-state index contributed by atoms with van der Waals surface area (Å²) in [6, 6.07) is 15.7. The fourth-order valence-corrected chi connectivity index (χ4v) is 1.59. The lowest BCUT2D eigenvalue weighted by atomic mass is 10.1. The number of halogens is 1. The van der Waals surface area contributed by atoms with Crippen LogP contribution in [0.5, 0.6) is 0 Å². The van der Waals surface area contributed by atoms with Gasteiger partial charge in [0.1, 0.15) is 5.82 Å². The third-order valence-corrected chi connectivity index (χ3v) is 2.45. The van der Waals surface area contributed by atoms with Crippen LogP contribution < -0.4 is 0 Å². The molecule has 0 aliphatic carbocycles. The van der Waals surface area contributed by atoms with E-state index in [1.54, 1.807) is 12.1 Å². The molecule has 0 spiro atoms. The Balaban J connectivity index is 2.33. The van der Waals surface area contributed by atoms with Crippen molar-refractivity contribution in [2.45, 2.75) is 6.42 Å². The lowest BCUT2D eigenvalue weighted by Crippen LogP contribution is -1.87. The summed E-state index contributed by atoms with van der Waals surface area (Å²) < 4.78 is 13.0. The van der Waals surface area contributed by atoms with Gasteiger partial charge < -0.3 is 0 Å². The SMILES string of the molecule is N#CCc1ccccc1C#Cc1cccc(F)c1. The first-order valence-corrected chi connectivity index (χ1v) is 5.52. The molecular weight excluding hydrogens is 225 g/mol. The van der Waals surface area contributed by atoms with E-state index in [2.05, 4.69) is 17.9 Å². The number of nitrogens with zero attached hydrogens (tertiary/aromatic N) is 1. The molecule has 0 bridgehead atoms. The van der Waals surface area contributed by atoms with E-state index in [0.29, 0.717) is 12.0 Å². The first kappa shape index (κ1) is 11.9. The second kappa shape index (κ2) is 5.66. The number of rotatable bonds is 1. The quantitative estimate of drug-likeness (QED) is 0.696. The van der Waals surface area contributed by atoms with Gasteiger partial charge in [0.05, 0.1) is 12.5 Å². The minimum Gasteiger partial charge on any atom is -0.207 e. The zero-order valence-electron chi connectivity index (χ0n) is 9.65. The second-order valence-corrected chi connectivity index (χ2v) is 3.75. The topological polar surface area (TPSA) is 23.8 Å². The van der Waals surface area contributed by atoms with E-state index in [-0.39, 0.29) is 5.82 Å². The van der Waals surface area contributed by atoms with Crippen LogP contribution in [0.4, 0.5) is 4.39 Å². The van der Waals surface area contributed by atoms with Crippen LogP contribution in [0.25, 0.3) is 0 Å². The van der Waals surface area contributed by atoms with Gasteiger partial charge in [-0.2, -0.15) is 5.26 Å². The average Bonchev–Trinajstić information content (AvgIpc) is 2.38. The number of benzene rings is 2. The largest absolute Gasteiger partial charge is 0.207 e. The Morgan fingerprint density at radius 2 is 1.83 bits per heavy atom. The highest BCUT2D eigenvalue weighted by Gasteiger charge is 1.97. The normalized spacial score (nSPS) is 9.11. The average molecular weight is 235 g/mol. The predicted octanol–water partition coefficient (Wildman–Crippen LogP) is 3.29. The maximum atomic E-state index is 13.0. The highest BCUT2D eigenvalue weighted by Crippen LogP contribution is 2.08. The van der Waals surface area contributed by atoms with Crippen LogP contribution >= 0.6 is 0 Å². The highest BCUT2D eigenvalue weighted by molar-refractivity contribution is 5.47. The van der Waals surface area contributed by atoms with Crippen molar-refractivity contribution in [2.24, 2.45) is 0 Å². The molecular formula is C16H10FN. The van der Waals surface area contributed by atoms with Gasteiger partial charge in [-0.3, -0.25) is 0 Å². The van der Waals surface area contributed by atoms with E-state index in [4.69, 9.17) is 5.26 Å². The Labute approximate surface area is 106 Å². The van der Waals surface area contributed by atoms with Crippen molar-refractivity contribution in [2.75, 3.05) is 0 Å². The summed E-state index contributed by atoms with van der Waals surface area (Å²) in [5, 5.41) is 8.72. The van der Waals surface area contributed by atoms with Gasteiger partial charge in [0, 0.05) is 11.1 Å². The van der Waals surface area contributed by atoms with Gasteiger partial charge in [-0.1, -0.05) is 36.1 Å². The zero-order chi connectivity index (χ0) is 12.8. The first-order chi connectivity index (χ1) is 8.79. The summed E-state index contributed by atoms with van der Waals surface area (Å²) in [6.45, 7) is 0. The van der Waals surface area contributed by atoms with E-state index in [1.165, 1.54) is 12.1 Å². The second-order valence-electron chi connectivity index (χ2n) is 3.75. The van der Waals surface area contributed by atoms with Gasteiger partial charge in [-0.25, -0.2) is 4.39 Å². The molecule has 0 fully saturated rings. The summed E-state index contributed by atoms with van der Waals surface area (Å²) in [7, 11) is 0. The zero-order valence-corrected chi connectivity index (χ0v) is 9.65. The molecule has 0 heterocycles. The molecule has 0 radical (unpaired) electrons. The summed E-state index contributed by atoms with van der Waals surface area (Å²) >= 11 is 0. The fourth-order valence-electron chi connectivity index (χ4n) is 1.59. The summed E-state index contributed by atoms with van der Waals surface area (Å²) in [5.41, 5.74) is 2.33. The van der Waals surface area contributed by atoms with E-state index in [0.717, 1.165) is 11.1 Å². The molecule has 18 heavy (non-hydrogen) atoms. The van der Waals surface area contributed by atoms with Crippen molar-refractivity contribution in [1.29, 1.82) is 5.26 Å². The van der Waals surface area contributed by atoms with Gasteiger partial charge in [0.15, 0.2) is 0 Å². The van der Waals surface area contributed by atoms with Crippen LogP contribution in [0.1, 0.15) is 16.7 Å². The van der Waals surface area contributed by atoms with E-state index in [9.17, 15) is 4.39 Å². The van der Waals surface area contributed by atoms with Crippen molar-refractivity contribution >= 4 is 0 Å². The van der Waals surface area contributed by atoms with Gasteiger partial charge in [0.25, 0.3) is 0 Å². The predicted molar refractivity (Wildman–Crippen MR) is 68.1 cm³/mol. The molecule has 0 amide bonds. The van der Waals surface area contributed by atoms with Gasteiger partial charge in [-0.15, -0.1) is 0 Å². The van der Waals surface area contributed by atoms with Crippen LogP contribution in [0.3, 0.4) is 0 Å². The molecule has 0 unspecified atom stereocenters. The Morgan fingerprint density at radius 1 is 1.00 bits per heavy atom. The number of hydrogen-bond acceptors (Lipinski definition) is 1. The lowest BCUT2D eigenvalue weighted by molar-refractivity contribution is 0.627. The molecule has 0 aliphatic rings. The van der Waals surface area contributed by atoms with Crippen molar-refractivity contribution in [3.05, 3.63) is 71.0 Å². The van der Waals surface area contributed by atoms with Crippen molar-refractivity contribution in [3.8, 4) is 17.9 Å². The van der Waals surface area contributed by atoms with Gasteiger partial charge in [0.2, 0.25) is 0 Å². The minimum atomic E-state index is -0.299. The highest BCUT2D eigenvalue weighted by atomic mass is 19.1. The third kappa shape index (κ3) is 2.97. The maximum absolute atomic E-state index is 13.0. The molecule has 0 aromatic heterocycles. The molecule has 1 nitrogen and oxygen atoms in total. The molecule has 0 N–H and O–H groups in total. The monoisotopic (exact) mass is 235 g/mol. The number of hydrogen-bond donors (Lipinski definition) is 0. The Hall–Kier alpha value is -2.58. The van der Waals surface area contributed by atoms with E-state index in [1.807, 2.05) is 24.3 Å². The van der Waals surface area contributed by atoms with Crippen molar-refractivity contribution < 1.29 is 4.39 Å². The molecule has 2 rings (SSSR count). The van der Waals surface area contributed by atoms with Crippen LogP contribution in [0.2, 0.25) is 0 Å². The Bertz CT molecular complexity index is 657. The molecule has 86 valence electrons. The summed E-state index contributed by atoms with van der Waals surface area (Å²) in [4.78, 5) is 0. The molecule has 2 aromatic rings. The van der Waals surface area contributed by atoms with Crippen LogP contribution in [0, 0.1) is 29.0 Å². The summed E-state index contributed by atoms with van der Waals surface area (Å²) in [6.07, 6.45) is 0.327. The molecule has 2 heteroatoms. The van der Waals surface area contributed by atoms with Gasteiger partial charge >= 0.3 is 0 Å². The van der Waals surface area contributed by atoms with Crippen LogP contribution in [-0.4, -0.2) is 0 Å². The number of nitriles is 1. The lowest BCUT2D eigenvalue weighted by Gasteiger charge is -1.97. The smallest absolute Gasteiger partial charge is 0.124 e. The minimum absolute atomic E-state index is 0.299. The Morgan fingerprint density at radius 3 is 2.61 bits per heavy atom. The molecule has 0 saturated heterocycles. The van der Waals surface area contributed by atoms with Crippen molar-refractivity contribution in [3.63, 3.8) is 0 Å². The third-order valence-electron chi connectivity index (χ3n) is 2.45. The first-order valence-electron chi connectivity index (χ1n) is 5.52. The molecule has 0 aliphatic heterocycles. The standard InChI is InChI=1S/C16H10FN/c17-16-7-3-4-13(12-16)8-9-14-5-1-2-6-15(14)10-11-18/h1-7,12H,10H2. The maximum Gasteiger partial charge on any atom is 0.124 e. The van der Waals surface area contributed by atoms with Gasteiger partial charge in [-0.05, 0) is 29.8 Å². The van der Waals surface area contributed by atoms with E-state index < -0.39 is 0 Å². The van der Waals surface area contributed by atoms with E-state index >= 15 is 0 Å². The molecule has 0 atom stereocenters.